The van der Waals surface area contributed by atoms with E-state index in [1.54, 1.807) is 44.6 Å². The first-order valence-electron chi connectivity index (χ1n) is 7.70. The predicted octanol–water partition coefficient (Wildman–Crippen LogP) is 3.78. The third-order valence-electron chi connectivity index (χ3n) is 3.58. The number of anilines is 1. The number of carbonyl (C=O) groups is 1. The Morgan fingerprint density at radius 1 is 1.08 bits per heavy atom. The number of halogens is 2. The number of rotatable bonds is 8. The lowest BCUT2D eigenvalue weighted by atomic mass is 10.1. The molecule has 5 nitrogen and oxygen atoms in total. The number of carbonyl (C=O) groups excluding carboxylic acids is 1. The van der Waals surface area contributed by atoms with Gasteiger partial charge in [-0.1, -0.05) is 29.3 Å². The quantitative estimate of drug-likeness (QED) is 0.729. The van der Waals surface area contributed by atoms with Gasteiger partial charge in [-0.3, -0.25) is 4.79 Å². The van der Waals surface area contributed by atoms with Crippen molar-refractivity contribution >= 4 is 34.8 Å². The Labute approximate surface area is 157 Å². The smallest absolute Gasteiger partial charge is 0.239 e. The molecule has 0 fully saturated rings. The summed E-state index contributed by atoms with van der Waals surface area (Å²) in [7, 11) is 3.15. The Balaban J connectivity index is 1.81. The van der Waals surface area contributed by atoms with Gasteiger partial charge in [-0.15, -0.1) is 0 Å². The Morgan fingerprint density at radius 3 is 2.56 bits per heavy atom. The zero-order valence-electron chi connectivity index (χ0n) is 14.1. The molecule has 0 saturated carbocycles. The molecule has 0 radical (unpaired) electrons. The fourth-order valence-corrected chi connectivity index (χ4v) is 2.75. The molecule has 0 aliphatic rings. The van der Waals surface area contributed by atoms with Gasteiger partial charge in [0, 0.05) is 22.7 Å². The van der Waals surface area contributed by atoms with Crippen molar-refractivity contribution in [2.24, 2.45) is 0 Å². The fourth-order valence-electron chi connectivity index (χ4n) is 2.24. The van der Waals surface area contributed by atoms with Crippen LogP contribution in [0.1, 0.15) is 5.56 Å². The summed E-state index contributed by atoms with van der Waals surface area (Å²) in [4.78, 5) is 12.0. The summed E-state index contributed by atoms with van der Waals surface area (Å²) in [6.07, 6.45) is 0.633. The molecule has 2 N–H and O–H groups in total. The summed E-state index contributed by atoms with van der Waals surface area (Å²) in [5.74, 6) is 1.18. The van der Waals surface area contributed by atoms with E-state index in [2.05, 4.69) is 10.6 Å². The molecule has 2 aromatic rings. The summed E-state index contributed by atoms with van der Waals surface area (Å²) in [6.45, 7) is 0.624. The maximum atomic E-state index is 12.0. The molecule has 0 unspecified atom stereocenters. The second kappa shape index (κ2) is 9.39. The first-order valence-corrected chi connectivity index (χ1v) is 8.45. The van der Waals surface area contributed by atoms with Crippen molar-refractivity contribution in [3.05, 3.63) is 52.0 Å². The second-order valence-electron chi connectivity index (χ2n) is 5.26. The van der Waals surface area contributed by atoms with Crippen molar-refractivity contribution in [1.29, 1.82) is 0 Å². The van der Waals surface area contributed by atoms with E-state index in [0.29, 0.717) is 34.5 Å². The van der Waals surface area contributed by atoms with E-state index in [1.807, 2.05) is 6.07 Å². The van der Waals surface area contributed by atoms with Gasteiger partial charge in [0.2, 0.25) is 5.91 Å². The first kappa shape index (κ1) is 19.2. The molecule has 134 valence electrons. The lowest BCUT2D eigenvalue weighted by Gasteiger charge is -2.12. The SMILES string of the molecule is COc1ccc(NCC(=O)NCCc2ccc(Cl)cc2Cl)c(OC)c1. The maximum Gasteiger partial charge on any atom is 0.239 e. The summed E-state index contributed by atoms with van der Waals surface area (Å²) in [5.41, 5.74) is 1.66. The zero-order chi connectivity index (χ0) is 18.2. The van der Waals surface area contributed by atoms with Gasteiger partial charge in [0.05, 0.1) is 26.5 Å². The van der Waals surface area contributed by atoms with Crippen LogP contribution in [0.3, 0.4) is 0 Å². The highest BCUT2D eigenvalue weighted by Crippen LogP contribution is 2.28. The predicted molar refractivity (Wildman–Crippen MR) is 101 cm³/mol. The maximum absolute atomic E-state index is 12.0. The van der Waals surface area contributed by atoms with Crippen LogP contribution in [0.5, 0.6) is 11.5 Å². The average Bonchev–Trinajstić information content (AvgIpc) is 2.61. The van der Waals surface area contributed by atoms with Crippen molar-refractivity contribution in [1.82, 2.24) is 5.32 Å². The Hall–Kier alpha value is -2.11. The summed E-state index contributed by atoms with van der Waals surface area (Å²) in [6, 6.07) is 10.7. The standard InChI is InChI=1S/C18H20Cl2N2O3/c1-24-14-5-6-16(17(10-14)25-2)22-11-18(23)21-8-7-12-3-4-13(19)9-15(12)20/h3-6,9-10,22H,7-8,11H2,1-2H3,(H,21,23). The van der Waals surface area contributed by atoms with E-state index in [0.717, 1.165) is 11.3 Å². The monoisotopic (exact) mass is 382 g/mol. The Kier molecular flexibility index (Phi) is 7.22. The number of hydrogen-bond donors (Lipinski definition) is 2. The normalized spacial score (nSPS) is 10.2. The van der Waals surface area contributed by atoms with Gasteiger partial charge < -0.3 is 20.1 Å². The van der Waals surface area contributed by atoms with Crippen molar-refractivity contribution in [3.63, 3.8) is 0 Å². The van der Waals surface area contributed by atoms with Crippen LogP contribution in [0, 0.1) is 0 Å². The molecule has 0 bridgehead atoms. The third kappa shape index (κ3) is 5.73. The van der Waals surface area contributed by atoms with Crippen LogP contribution in [0.4, 0.5) is 5.69 Å². The summed E-state index contributed by atoms with van der Waals surface area (Å²) >= 11 is 12.0. The topological polar surface area (TPSA) is 59.6 Å². The molecular weight excluding hydrogens is 363 g/mol. The van der Waals surface area contributed by atoms with Crippen molar-refractivity contribution in [2.75, 3.05) is 32.6 Å². The van der Waals surface area contributed by atoms with Crippen LogP contribution in [0.2, 0.25) is 10.0 Å². The summed E-state index contributed by atoms with van der Waals surface area (Å²) in [5, 5.41) is 7.08. The van der Waals surface area contributed by atoms with Gasteiger partial charge in [0.25, 0.3) is 0 Å². The van der Waals surface area contributed by atoms with Crippen LogP contribution >= 0.6 is 23.2 Å². The highest BCUT2D eigenvalue weighted by atomic mass is 35.5. The fraction of sp³-hybridized carbons (Fsp3) is 0.278. The molecule has 2 aromatic carbocycles. The van der Waals surface area contributed by atoms with Gasteiger partial charge in [0.1, 0.15) is 11.5 Å². The van der Waals surface area contributed by atoms with Gasteiger partial charge >= 0.3 is 0 Å². The lowest BCUT2D eigenvalue weighted by Crippen LogP contribution is -2.31. The molecule has 25 heavy (non-hydrogen) atoms. The molecule has 0 aliphatic carbocycles. The number of hydrogen-bond acceptors (Lipinski definition) is 4. The van der Waals surface area contributed by atoms with Crippen molar-refractivity contribution in [3.8, 4) is 11.5 Å². The molecule has 0 atom stereocenters. The van der Waals surface area contributed by atoms with E-state index in [1.165, 1.54) is 0 Å². The number of nitrogens with one attached hydrogen (secondary N) is 2. The van der Waals surface area contributed by atoms with Gasteiger partial charge in [-0.2, -0.15) is 0 Å². The van der Waals surface area contributed by atoms with E-state index < -0.39 is 0 Å². The van der Waals surface area contributed by atoms with Crippen LogP contribution in [0.15, 0.2) is 36.4 Å². The van der Waals surface area contributed by atoms with Crippen LogP contribution in [-0.4, -0.2) is 33.2 Å². The zero-order valence-corrected chi connectivity index (χ0v) is 15.6. The molecule has 0 aromatic heterocycles. The second-order valence-corrected chi connectivity index (χ2v) is 6.10. The minimum absolute atomic E-state index is 0.122. The van der Waals surface area contributed by atoms with E-state index in [4.69, 9.17) is 32.7 Å². The third-order valence-corrected chi connectivity index (χ3v) is 4.17. The van der Waals surface area contributed by atoms with Crippen molar-refractivity contribution < 1.29 is 14.3 Å². The molecule has 7 heteroatoms. The Bertz CT molecular complexity index is 738. The van der Waals surface area contributed by atoms with Crippen LogP contribution in [-0.2, 0) is 11.2 Å². The summed E-state index contributed by atoms with van der Waals surface area (Å²) < 4.78 is 10.4. The average molecular weight is 383 g/mol. The van der Waals surface area contributed by atoms with E-state index in [9.17, 15) is 4.79 Å². The van der Waals surface area contributed by atoms with E-state index in [-0.39, 0.29) is 12.5 Å². The first-order chi connectivity index (χ1) is 12.0. The molecule has 0 heterocycles. The Morgan fingerprint density at radius 2 is 1.88 bits per heavy atom. The minimum atomic E-state index is -0.122. The lowest BCUT2D eigenvalue weighted by molar-refractivity contribution is -0.119. The molecule has 1 amide bonds. The van der Waals surface area contributed by atoms with Gasteiger partial charge in [0.15, 0.2) is 0 Å². The molecule has 0 spiro atoms. The van der Waals surface area contributed by atoms with Crippen molar-refractivity contribution in [2.45, 2.75) is 6.42 Å². The molecular formula is C18H20Cl2N2O3. The number of methoxy groups -OCH3 is 2. The molecule has 0 aliphatic heterocycles. The van der Waals surface area contributed by atoms with Gasteiger partial charge in [-0.05, 0) is 36.2 Å². The minimum Gasteiger partial charge on any atom is -0.497 e. The number of ether oxygens (including phenoxy) is 2. The highest BCUT2D eigenvalue weighted by Gasteiger charge is 2.07. The number of benzene rings is 2. The van der Waals surface area contributed by atoms with Gasteiger partial charge in [-0.25, -0.2) is 0 Å². The van der Waals surface area contributed by atoms with Crippen LogP contribution in [0.25, 0.3) is 0 Å². The van der Waals surface area contributed by atoms with E-state index >= 15 is 0 Å². The van der Waals surface area contributed by atoms with Crippen LogP contribution < -0.4 is 20.1 Å². The largest absolute Gasteiger partial charge is 0.497 e. The highest BCUT2D eigenvalue weighted by molar-refractivity contribution is 6.35. The number of amides is 1. The molecule has 0 saturated heterocycles. The molecule has 2 rings (SSSR count).